The van der Waals surface area contributed by atoms with Crippen LogP contribution in [0.15, 0.2) is 65.7 Å². The fraction of sp³-hybridized carbons (Fsp3) is 0.250. The lowest BCUT2D eigenvalue weighted by molar-refractivity contribution is -0.137. The standard InChI is InChI=1S/C24H22F3N5O4/c25-24(26,27)18-3-1-2-4-19(18)31-17-7-5-15(6-8-17)11-28-21(34)23(9-10-36-14-23)32-20(33)16-12-29-22(35)30-13-16/h1-8,12-13,31H,9-11,14H2,(H,28,34)(H,32,33)(H,29,30,35)/t23-/m0/s1. The Morgan fingerprint density at radius 3 is 2.50 bits per heavy atom. The third-order valence-corrected chi connectivity index (χ3v) is 5.66. The summed E-state index contributed by atoms with van der Waals surface area (Å²) in [5.74, 6) is -1.04. The van der Waals surface area contributed by atoms with Crippen LogP contribution in [0.5, 0.6) is 0 Å². The Labute approximate surface area is 203 Å². The number of aromatic amines is 1. The summed E-state index contributed by atoms with van der Waals surface area (Å²) < 4.78 is 45.0. The number of nitrogens with zero attached hydrogens (tertiary/aromatic N) is 1. The number of carbonyl (C=O) groups is 2. The Kier molecular flexibility index (Phi) is 7.06. The first kappa shape index (κ1) is 24.9. The number of aromatic nitrogens is 2. The number of hydrogen-bond donors (Lipinski definition) is 4. The highest BCUT2D eigenvalue weighted by molar-refractivity contribution is 5.99. The second kappa shape index (κ2) is 10.2. The van der Waals surface area contributed by atoms with Gasteiger partial charge in [-0.2, -0.15) is 13.2 Å². The summed E-state index contributed by atoms with van der Waals surface area (Å²) in [4.78, 5) is 42.5. The quantitative estimate of drug-likeness (QED) is 0.395. The van der Waals surface area contributed by atoms with E-state index in [1.807, 2.05) is 0 Å². The molecule has 1 aromatic heterocycles. The number of anilines is 2. The van der Waals surface area contributed by atoms with Crippen LogP contribution < -0.4 is 21.6 Å². The van der Waals surface area contributed by atoms with Crippen LogP contribution in [0, 0.1) is 0 Å². The highest BCUT2D eigenvalue weighted by atomic mass is 19.4. The highest BCUT2D eigenvalue weighted by Gasteiger charge is 2.43. The highest BCUT2D eigenvalue weighted by Crippen LogP contribution is 2.35. The fourth-order valence-electron chi connectivity index (χ4n) is 3.71. The summed E-state index contributed by atoms with van der Waals surface area (Å²) >= 11 is 0. The predicted molar refractivity (Wildman–Crippen MR) is 124 cm³/mol. The molecule has 0 bridgehead atoms. The third kappa shape index (κ3) is 5.71. The van der Waals surface area contributed by atoms with Gasteiger partial charge in [-0.05, 0) is 29.8 Å². The van der Waals surface area contributed by atoms with Gasteiger partial charge in [0.15, 0.2) is 0 Å². The molecule has 0 unspecified atom stereocenters. The molecule has 1 atom stereocenters. The van der Waals surface area contributed by atoms with Gasteiger partial charge < -0.3 is 25.7 Å². The van der Waals surface area contributed by atoms with E-state index in [2.05, 4.69) is 25.9 Å². The van der Waals surface area contributed by atoms with Crippen molar-refractivity contribution in [2.45, 2.75) is 24.7 Å². The number of alkyl halides is 3. The molecule has 36 heavy (non-hydrogen) atoms. The molecule has 0 aliphatic carbocycles. The van der Waals surface area contributed by atoms with Crippen LogP contribution in [-0.2, 0) is 22.3 Å². The van der Waals surface area contributed by atoms with E-state index in [1.165, 1.54) is 24.4 Å². The number of rotatable bonds is 7. The van der Waals surface area contributed by atoms with Crippen LogP contribution >= 0.6 is 0 Å². The zero-order chi connectivity index (χ0) is 25.8. The molecule has 12 heteroatoms. The summed E-state index contributed by atoms with van der Waals surface area (Å²) in [6.07, 6.45) is -1.92. The molecular weight excluding hydrogens is 479 g/mol. The van der Waals surface area contributed by atoms with E-state index in [0.717, 1.165) is 12.3 Å². The SMILES string of the molecule is O=C(N[C@@]1(C(=O)NCc2ccc(Nc3ccccc3C(F)(F)F)cc2)CCOC1)c1cnc(=O)[nH]c1. The van der Waals surface area contributed by atoms with Crippen molar-refractivity contribution in [3.63, 3.8) is 0 Å². The first-order chi connectivity index (χ1) is 17.2. The topological polar surface area (TPSA) is 125 Å². The van der Waals surface area contributed by atoms with E-state index >= 15 is 0 Å². The van der Waals surface area contributed by atoms with Crippen LogP contribution in [0.4, 0.5) is 24.5 Å². The second-order valence-corrected chi connectivity index (χ2v) is 8.19. The Morgan fingerprint density at radius 1 is 1.11 bits per heavy atom. The Balaban J connectivity index is 1.39. The third-order valence-electron chi connectivity index (χ3n) is 5.66. The largest absolute Gasteiger partial charge is 0.418 e. The number of amides is 2. The monoisotopic (exact) mass is 501 g/mol. The van der Waals surface area contributed by atoms with Crippen molar-refractivity contribution in [1.82, 2.24) is 20.6 Å². The van der Waals surface area contributed by atoms with Gasteiger partial charge in [0.05, 0.1) is 23.4 Å². The smallest absolute Gasteiger partial charge is 0.378 e. The molecular formula is C24H22F3N5O4. The van der Waals surface area contributed by atoms with E-state index in [4.69, 9.17) is 4.74 Å². The predicted octanol–water partition coefficient (Wildman–Crippen LogP) is 2.74. The number of para-hydroxylation sites is 1. The fourth-order valence-corrected chi connectivity index (χ4v) is 3.71. The van der Waals surface area contributed by atoms with Crippen LogP contribution in [0.25, 0.3) is 0 Å². The molecule has 1 saturated heterocycles. The van der Waals surface area contributed by atoms with E-state index in [1.54, 1.807) is 24.3 Å². The number of hydrogen-bond acceptors (Lipinski definition) is 6. The normalized spacial score (nSPS) is 17.4. The van der Waals surface area contributed by atoms with Gasteiger partial charge in [-0.3, -0.25) is 9.59 Å². The molecule has 4 N–H and O–H groups in total. The molecule has 4 rings (SSSR count). The Morgan fingerprint density at radius 2 is 1.86 bits per heavy atom. The molecule has 0 spiro atoms. The van der Waals surface area contributed by atoms with E-state index in [9.17, 15) is 27.6 Å². The first-order valence-corrected chi connectivity index (χ1v) is 10.9. The molecule has 3 aromatic rings. The lowest BCUT2D eigenvalue weighted by Gasteiger charge is -2.27. The van der Waals surface area contributed by atoms with Gasteiger partial charge in [-0.1, -0.05) is 24.3 Å². The maximum atomic E-state index is 13.2. The van der Waals surface area contributed by atoms with Crippen molar-refractivity contribution in [2.75, 3.05) is 18.5 Å². The first-order valence-electron chi connectivity index (χ1n) is 10.9. The maximum absolute atomic E-state index is 13.2. The van der Waals surface area contributed by atoms with Gasteiger partial charge in [0, 0.05) is 37.7 Å². The summed E-state index contributed by atoms with van der Waals surface area (Å²) in [5, 5.41) is 8.21. The number of ether oxygens (including phenoxy) is 1. The van der Waals surface area contributed by atoms with Crippen LogP contribution in [0.2, 0.25) is 0 Å². The van der Waals surface area contributed by atoms with Gasteiger partial charge in [-0.25, -0.2) is 9.78 Å². The minimum absolute atomic E-state index is 0.0250. The lowest BCUT2D eigenvalue weighted by Crippen LogP contribution is -2.59. The molecule has 2 heterocycles. The average Bonchev–Trinajstić information content (AvgIpc) is 3.33. The number of nitrogens with one attached hydrogen (secondary N) is 4. The molecule has 1 aliphatic rings. The summed E-state index contributed by atoms with van der Waals surface area (Å²) in [6, 6.07) is 11.7. The molecule has 2 amide bonds. The average molecular weight is 501 g/mol. The van der Waals surface area contributed by atoms with E-state index in [0.29, 0.717) is 11.3 Å². The van der Waals surface area contributed by atoms with Crippen LogP contribution in [-0.4, -0.2) is 40.5 Å². The van der Waals surface area contributed by atoms with E-state index < -0.39 is 34.8 Å². The molecule has 1 fully saturated rings. The maximum Gasteiger partial charge on any atom is 0.418 e. The lowest BCUT2D eigenvalue weighted by atomic mass is 9.96. The van der Waals surface area contributed by atoms with Gasteiger partial charge in [0.1, 0.15) is 5.54 Å². The number of benzene rings is 2. The van der Waals surface area contributed by atoms with Crippen molar-refractivity contribution >= 4 is 23.2 Å². The minimum Gasteiger partial charge on any atom is -0.378 e. The van der Waals surface area contributed by atoms with Gasteiger partial charge >= 0.3 is 11.9 Å². The summed E-state index contributed by atoms with van der Waals surface area (Å²) in [7, 11) is 0. The Bertz CT molecular complexity index is 1280. The molecule has 2 aromatic carbocycles. The molecule has 0 radical (unpaired) electrons. The van der Waals surface area contributed by atoms with Crippen molar-refractivity contribution in [3.05, 3.63) is 88.1 Å². The summed E-state index contributed by atoms with van der Waals surface area (Å²) in [6.45, 7) is 0.371. The molecule has 1 aliphatic heterocycles. The van der Waals surface area contributed by atoms with Crippen LogP contribution in [0.3, 0.4) is 0 Å². The number of carbonyl (C=O) groups excluding carboxylic acids is 2. The summed E-state index contributed by atoms with van der Waals surface area (Å²) in [5.41, 5.74) is -1.51. The van der Waals surface area contributed by atoms with Crippen molar-refractivity contribution in [1.29, 1.82) is 0 Å². The number of H-pyrrole nitrogens is 1. The molecule has 9 nitrogen and oxygen atoms in total. The molecule has 188 valence electrons. The van der Waals surface area contributed by atoms with E-state index in [-0.39, 0.29) is 37.4 Å². The molecule has 0 saturated carbocycles. The van der Waals surface area contributed by atoms with Crippen LogP contribution in [0.1, 0.15) is 27.9 Å². The van der Waals surface area contributed by atoms with Crippen molar-refractivity contribution in [3.8, 4) is 0 Å². The zero-order valence-corrected chi connectivity index (χ0v) is 18.8. The second-order valence-electron chi connectivity index (χ2n) is 8.19. The van der Waals surface area contributed by atoms with Gasteiger partial charge in [0.25, 0.3) is 5.91 Å². The zero-order valence-electron chi connectivity index (χ0n) is 18.8. The number of halogens is 3. The van der Waals surface area contributed by atoms with Gasteiger partial charge in [-0.15, -0.1) is 0 Å². The van der Waals surface area contributed by atoms with Crippen molar-refractivity contribution < 1.29 is 27.5 Å². The van der Waals surface area contributed by atoms with Crippen molar-refractivity contribution in [2.24, 2.45) is 0 Å². The Hall–Kier alpha value is -4.19. The minimum atomic E-state index is -4.49. The van der Waals surface area contributed by atoms with Gasteiger partial charge in [0.2, 0.25) is 5.91 Å².